The van der Waals surface area contributed by atoms with E-state index >= 15 is 0 Å². The maximum atomic E-state index is 13.8. The molecule has 2 aromatic carbocycles. The number of carbonyl (C=O) groups is 1. The molecule has 134 valence electrons. The highest BCUT2D eigenvalue weighted by Crippen LogP contribution is 2.17. The van der Waals surface area contributed by atoms with Crippen LogP contribution in [-0.2, 0) is 11.3 Å². The summed E-state index contributed by atoms with van der Waals surface area (Å²) in [5.41, 5.74) is 1.67. The van der Waals surface area contributed by atoms with Crippen LogP contribution in [0, 0.1) is 12.7 Å². The Morgan fingerprint density at radius 3 is 2.76 bits per heavy atom. The van der Waals surface area contributed by atoms with Crippen LogP contribution < -0.4 is 4.74 Å². The first-order valence-electron chi connectivity index (χ1n) is 8.33. The third-order valence-corrected chi connectivity index (χ3v) is 4.38. The fraction of sp³-hybridized carbons (Fsp3) is 0.350. The minimum atomic E-state index is -0.297. The average molecular weight is 408 g/mol. The maximum absolute atomic E-state index is 13.8. The topological polar surface area (TPSA) is 29.5 Å². The zero-order chi connectivity index (χ0) is 18.2. The number of aryl methyl sites for hydroxylation is 1. The monoisotopic (exact) mass is 407 g/mol. The molecule has 0 fully saturated rings. The van der Waals surface area contributed by atoms with Gasteiger partial charge < -0.3 is 9.64 Å². The Kier molecular flexibility index (Phi) is 7.44. The van der Waals surface area contributed by atoms with Crippen molar-refractivity contribution >= 4 is 21.8 Å². The lowest BCUT2D eigenvalue weighted by atomic mass is 10.2. The van der Waals surface area contributed by atoms with Crippen LogP contribution >= 0.6 is 15.9 Å². The summed E-state index contributed by atoms with van der Waals surface area (Å²) in [5, 5.41) is 0. The third-order valence-electron chi connectivity index (χ3n) is 3.88. The van der Waals surface area contributed by atoms with Crippen LogP contribution in [0.1, 0.15) is 30.4 Å². The smallest absolute Gasteiger partial charge is 0.222 e. The number of amides is 1. The van der Waals surface area contributed by atoms with Crippen LogP contribution in [0.25, 0.3) is 0 Å². The molecule has 5 heteroatoms. The molecule has 0 aromatic heterocycles. The van der Waals surface area contributed by atoms with Crippen LogP contribution in [0.3, 0.4) is 0 Å². The van der Waals surface area contributed by atoms with E-state index in [0.29, 0.717) is 18.6 Å². The molecule has 0 aliphatic carbocycles. The van der Waals surface area contributed by atoms with Crippen molar-refractivity contribution in [1.29, 1.82) is 0 Å². The van der Waals surface area contributed by atoms with E-state index < -0.39 is 0 Å². The Balaban J connectivity index is 1.70. The Hall–Kier alpha value is -1.88. The number of benzene rings is 2. The fourth-order valence-corrected chi connectivity index (χ4v) is 2.88. The zero-order valence-electron chi connectivity index (χ0n) is 14.6. The van der Waals surface area contributed by atoms with E-state index in [1.165, 1.54) is 6.07 Å². The first-order valence-corrected chi connectivity index (χ1v) is 9.12. The molecule has 0 aliphatic rings. The number of ether oxygens (including phenoxy) is 1. The van der Waals surface area contributed by atoms with Gasteiger partial charge in [0.2, 0.25) is 5.91 Å². The third kappa shape index (κ3) is 6.50. The number of carbonyl (C=O) groups excluding carboxylic acids is 1. The predicted octanol–water partition coefficient (Wildman–Crippen LogP) is 5.10. The molecule has 0 spiro atoms. The fourth-order valence-electron chi connectivity index (χ4n) is 2.47. The lowest BCUT2D eigenvalue weighted by molar-refractivity contribution is -0.130. The second kappa shape index (κ2) is 9.56. The Morgan fingerprint density at radius 2 is 2.00 bits per heavy atom. The van der Waals surface area contributed by atoms with Crippen molar-refractivity contribution in [2.45, 2.75) is 32.7 Å². The van der Waals surface area contributed by atoms with E-state index in [-0.39, 0.29) is 18.3 Å². The molecule has 2 rings (SSSR count). The van der Waals surface area contributed by atoms with E-state index in [4.69, 9.17) is 4.74 Å². The van der Waals surface area contributed by atoms with Crippen LogP contribution in [0.2, 0.25) is 0 Å². The Bertz CT molecular complexity index is 721. The average Bonchev–Trinajstić information content (AvgIpc) is 2.57. The van der Waals surface area contributed by atoms with Gasteiger partial charge in [0.25, 0.3) is 0 Å². The molecule has 0 saturated carbocycles. The summed E-state index contributed by atoms with van der Waals surface area (Å²) >= 11 is 3.32. The van der Waals surface area contributed by atoms with Gasteiger partial charge in [-0.3, -0.25) is 4.79 Å². The summed E-state index contributed by atoms with van der Waals surface area (Å²) < 4.78 is 20.2. The quantitative estimate of drug-likeness (QED) is 0.569. The van der Waals surface area contributed by atoms with Gasteiger partial charge in [-0.25, -0.2) is 4.39 Å². The molecule has 0 aliphatic heterocycles. The van der Waals surface area contributed by atoms with Gasteiger partial charge in [-0.15, -0.1) is 0 Å². The van der Waals surface area contributed by atoms with E-state index in [1.807, 2.05) is 31.2 Å². The second-order valence-electron chi connectivity index (χ2n) is 6.11. The van der Waals surface area contributed by atoms with Gasteiger partial charge in [-0.1, -0.05) is 28.1 Å². The van der Waals surface area contributed by atoms with Gasteiger partial charge in [0.15, 0.2) is 0 Å². The standard InChI is InChI=1S/C20H23BrFNO2/c1-15-6-5-7-18(12-15)25-11-4-3-8-20(24)23(2)14-16-13-17(21)9-10-19(16)22/h5-7,9-10,12-13H,3-4,8,11,14H2,1-2H3. The van der Waals surface area contributed by atoms with E-state index in [2.05, 4.69) is 15.9 Å². The molecule has 0 unspecified atom stereocenters. The first-order chi connectivity index (χ1) is 12.0. The summed E-state index contributed by atoms with van der Waals surface area (Å²) in [7, 11) is 1.70. The maximum Gasteiger partial charge on any atom is 0.222 e. The van der Waals surface area contributed by atoms with Gasteiger partial charge in [-0.2, -0.15) is 0 Å². The predicted molar refractivity (Wildman–Crippen MR) is 101 cm³/mol. The minimum Gasteiger partial charge on any atom is -0.494 e. The molecule has 0 bridgehead atoms. The largest absolute Gasteiger partial charge is 0.494 e. The van der Waals surface area contributed by atoms with E-state index in [0.717, 1.165) is 28.6 Å². The number of rotatable bonds is 8. The molecule has 0 radical (unpaired) electrons. The van der Waals surface area contributed by atoms with Crippen LogP contribution in [-0.4, -0.2) is 24.5 Å². The number of halogens is 2. The van der Waals surface area contributed by atoms with Gasteiger partial charge in [-0.05, 0) is 55.7 Å². The molecular formula is C20H23BrFNO2. The van der Waals surface area contributed by atoms with Crippen molar-refractivity contribution in [3.05, 3.63) is 63.9 Å². The normalized spacial score (nSPS) is 10.6. The van der Waals surface area contributed by atoms with Crippen LogP contribution in [0.15, 0.2) is 46.9 Å². The van der Waals surface area contributed by atoms with Gasteiger partial charge in [0.05, 0.1) is 6.61 Å². The summed E-state index contributed by atoms with van der Waals surface area (Å²) in [5.74, 6) is 0.568. The van der Waals surface area contributed by atoms with Gasteiger partial charge in [0, 0.05) is 30.0 Å². The van der Waals surface area contributed by atoms with E-state index in [9.17, 15) is 9.18 Å². The Labute approximate surface area is 156 Å². The van der Waals surface area contributed by atoms with Crippen molar-refractivity contribution in [1.82, 2.24) is 4.90 Å². The van der Waals surface area contributed by atoms with Crippen molar-refractivity contribution in [2.75, 3.05) is 13.7 Å². The number of unbranched alkanes of at least 4 members (excludes halogenated alkanes) is 1. The van der Waals surface area contributed by atoms with Crippen molar-refractivity contribution in [3.63, 3.8) is 0 Å². The number of hydrogen-bond donors (Lipinski definition) is 0. The van der Waals surface area contributed by atoms with Crippen molar-refractivity contribution in [2.24, 2.45) is 0 Å². The van der Waals surface area contributed by atoms with Crippen LogP contribution in [0.5, 0.6) is 5.75 Å². The number of hydrogen-bond acceptors (Lipinski definition) is 2. The lowest BCUT2D eigenvalue weighted by Gasteiger charge is -2.18. The molecule has 0 atom stereocenters. The molecule has 2 aromatic rings. The summed E-state index contributed by atoms with van der Waals surface area (Å²) in [6.45, 7) is 2.88. The first kappa shape index (κ1) is 19.4. The zero-order valence-corrected chi connectivity index (χ0v) is 16.2. The SMILES string of the molecule is Cc1cccc(OCCCCC(=O)N(C)Cc2cc(Br)ccc2F)c1. The van der Waals surface area contributed by atoms with Crippen LogP contribution in [0.4, 0.5) is 4.39 Å². The highest BCUT2D eigenvalue weighted by atomic mass is 79.9. The molecule has 25 heavy (non-hydrogen) atoms. The minimum absolute atomic E-state index is 0.00920. The van der Waals surface area contributed by atoms with Gasteiger partial charge >= 0.3 is 0 Å². The summed E-state index contributed by atoms with van der Waals surface area (Å²) in [4.78, 5) is 13.7. The summed E-state index contributed by atoms with van der Waals surface area (Å²) in [6.07, 6.45) is 1.98. The number of nitrogens with zero attached hydrogens (tertiary/aromatic N) is 1. The summed E-state index contributed by atoms with van der Waals surface area (Å²) in [6, 6.07) is 12.7. The molecule has 1 amide bonds. The van der Waals surface area contributed by atoms with Crippen molar-refractivity contribution in [3.8, 4) is 5.75 Å². The second-order valence-corrected chi connectivity index (χ2v) is 7.02. The Morgan fingerprint density at radius 1 is 1.20 bits per heavy atom. The highest BCUT2D eigenvalue weighted by Gasteiger charge is 2.12. The molecule has 0 N–H and O–H groups in total. The highest BCUT2D eigenvalue weighted by molar-refractivity contribution is 9.10. The lowest BCUT2D eigenvalue weighted by Crippen LogP contribution is -2.26. The van der Waals surface area contributed by atoms with Gasteiger partial charge in [0.1, 0.15) is 11.6 Å². The molecule has 0 heterocycles. The molecular weight excluding hydrogens is 385 g/mol. The molecule has 0 saturated heterocycles. The van der Waals surface area contributed by atoms with E-state index in [1.54, 1.807) is 24.1 Å². The molecule has 3 nitrogen and oxygen atoms in total. The van der Waals surface area contributed by atoms with Crippen molar-refractivity contribution < 1.29 is 13.9 Å².